The molecule has 4 saturated carbocycles. The van der Waals surface area contributed by atoms with Gasteiger partial charge >= 0.3 is 0 Å². The topological polar surface area (TPSA) is 75.0 Å². The van der Waals surface area contributed by atoms with Crippen LogP contribution in [0, 0.1) is 45.8 Å². The average molecular weight is 313 g/mol. The smallest absolute Gasteiger partial charge is 0.153 e. The molecule has 0 amide bonds. The Balaban J connectivity index is 1.77. The summed E-state index contributed by atoms with van der Waals surface area (Å²) in [6.45, 7) is 2.19. The normalized spacial score (nSPS) is 49.1. The van der Waals surface area contributed by atoms with E-state index in [4.69, 9.17) is 0 Å². The van der Waals surface area contributed by atoms with Crippen molar-refractivity contribution in [3.05, 3.63) is 0 Å². The van der Waals surface area contributed by atoms with E-state index in [1.807, 2.05) is 0 Å². The lowest BCUT2D eigenvalue weighted by atomic mass is 9.44. The molecule has 0 N–H and O–H groups in total. The van der Waals surface area contributed by atoms with Crippen molar-refractivity contribution >= 4 is 17.3 Å². The molecule has 4 rings (SSSR count). The van der Waals surface area contributed by atoms with Gasteiger partial charge < -0.3 is 0 Å². The minimum absolute atomic E-state index is 0.0407. The third kappa shape index (κ3) is 1.80. The minimum atomic E-state index is -0.898. The van der Waals surface area contributed by atoms with E-state index in [1.54, 1.807) is 0 Å². The lowest BCUT2D eigenvalue weighted by molar-refractivity contribution is -0.160. The van der Waals surface area contributed by atoms with Gasteiger partial charge in [-0.05, 0) is 42.4 Å². The van der Waals surface area contributed by atoms with Crippen LogP contribution in [0.5, 0.6) is 0 Å². The number of Topliss-reactive ketones (excluding diaryl/α,β-unsaturated/α-hetero) is 3. The SMILES string of the molecule is CC12CCC(=O)CC1CC(=O)C1C3CCCC3(C#N)C(=O)CC12. The highest BCUT2D eigenvalue weighted by atomic mass is 16.1. The fourth-order valence-corrected chi connectivity index (χ4v) is 6.34. The van der Waals surface area contributed by atoms with Crippen LogP contribution in [0.3, 0.4) is 0 Å². The van der Waals surface area contributed by atoms with Crippen LogP contribution in [0.25, 0.3) is 0 Å². The summed E-state index contributed by atoms with van der Waals surface area (Å²) in [4.78, 5) is 37.6. The standard InChI is InChI=1S/C19H23NO3/c1-18-6-4-12(21)7-11(18)8-15(22)17-13-3-2-5-19(13,10-20)16(23)9-14(17)18/h11,13-14,17H,2-9H2,1H3. The number of carbonyl (C=O) groups excluding carboxylic acids is 3. The Morgan fingerprint density at radius 3 is 2.61 bits per heavy atom. The maximum Gasteiger partial charge on any atom is 0.153 e. The van der Waals surface area contributed by atoms with Crippen LogP contribution >= 0.6 is 0 Å². The second-order valence-corrected chi connectivity index (χ2v) is 8.46. The molecular formula is C19H23NO3. The number of carbonyl (C=O) groups is 3. The van der Waals surface area contributed by atoms with Crippen molar-refractivity contribution in [1.82, 2.24) is 0 Å². The average Bonchev–Trinajstić information content (AvgIpc) is 2.95. The van der Waals surface area contributed by atoms with Crippen molar-refractivity contribution in [2.24, 2.45) is 34.5 Å². The van der Waals surface area contributed by atoms with Crippen LogP contribution in [0.15, 0.2) is 0 Å². The highest BCUT2D eigenvalue weighted by Crippen LogP contribution is 2.63. The number of nitrogens with zero attached hydrogens (tertiary/aromatic N) is 1. The Labute approximate surface area is 136 Å². The molecule has 0 aromatic carbocycles. The molecular weight excluding hydrogens is 290 g/mol. The molecule has 122 valence electrons. The molecule has 0 spiro atoms. The molecule has 23 heavy (non-hydrogen) atoms. The number of hydrogen-bond donors (Lipinski definition) is 0. The summed E-state index contributed by atoms with van der Waals surface area (Å²) < 4.78 is 0. The van der Waals surface area contributed by atoms with Crippen molar-refractivity contribution in [2.45, 2.75) is 58.3 Å². The summed E-state index contributed by atoms with van der Waals surface area (Å²) in [7, 11) is 0. The second-order valence-electron chi connectivity index (χ2n) is 8.46. The summed E-state index contributed by atoms with van der Waals surface area (Å²) in [5.74, 6) is 0.459. The molecule has 0 bridgehead atoms. The summed E-state index contributed by atoms with van der Waals surface area (Å²) in [5.41, 5.74) is -0.989. The van der Waals surface area contributed by atoms with Gasteiger partial charge in [-0.2, -0.15) is 5.26 Å². The van der Waals surface area contributed by atoms with Gasteiger partial charge in [-0.3, -0.25) is 14.4 Å². The fourth-order valence-electron chi connectivity index (χ4n) is 6.34. The zero-order valence-corrected chi connectivity index (χ0v) is 13.6. The van der Waals surface area contributed by atoms with Crippen molar-refractivity contribution in [1.29, 1.82) is 5.26 Å². The van der Waals surface area contributed by atoms with E-state index in [0.29, 0.717) is 32.1 Å². The van der Waals surface area contributed by atoms with Crippen molar-refractivity contribution in [3.63, 3.8) is 0 Å². The van der Waals surface area contributed by atoms with Crippen molar-refractivity contribution in [3.8, 4) is 6.07 Å². The van der Waals surface area contributed by atoms with E-state index >= 15 is 0 Å². The van der Waals surface area contributed by atoms with Gasteiger partial charge in [0.05, 0.1) is 6.07 Å². The van der Waals surface area contributed by atoms with Crippen LogP contribution in [-0.2, 0) is 14.4 Å². The van der Waals surface area contributed by atoms with E-state index in [1.165, 1.54) is 0 Å². The third-order valence-corrected chi connectivity index (χ3v) is 7.70. The Morgan fingerprint density at radius 1 is 1.09 bits per heavy atom. The molecule has 0 aromatic heterocycles. The van der Waals surface area contributed by atoms with Gasteiger partial charge in [-0.25, -0.2) is 0 Å². The molecule has 4 aliphatic rings. The number of fused-ring (bicyclic) bond motifs is 5. The third-order valence-electron chi connectivity index (χ3n) is 7.70. The lowest BCUT2D eigenvalue weighted by Crippen LogP contribution is -2.59. The predicted molar refractivity (Wildman–Crippen MR) is 82.1 cm³/mol. The van der Waals surface area contributed by atoms with Crippen LogP contribution in [0.2, 0.25) is 0 Å². The van der Waals surface area contributed by atoms with Gasteiger partial charge in [-0.15, -0.1) is 0 Å². The molecule has 0 aliphatic heterocycles. The van der Waals surface area contributed by atoms with Gasteiger partial charge in [0.25, 0.3) is 0 Å². The highest BCUT2D eigenvalue weighted by molar-refractivity contribution is 5.94. The largest absolute Gasteiger partial charge is 0.300 e. The van der Waals surface area contributed by atoms with E-state index in [-0.39, 0.29) is 46.4 Å². The molecule has 4 aliphatic carbocycles. The Bertz CT molecular complexity index is 647. The number of rotatable bonds is 0. The van der Waals surface area contributed by atoms with Crippen LogP contribution in [0.4, 0.5) is 0 Å². The highest BCUT2D eigenvalue weighted by Gasteiger charge is 2.65. The molecule has 0 radical (unpaired) electrons. The van der Waals surface area contributed by atoms with Crippen LogP contribution in [0.1, 0.15) is 58.3 Å². The van der Waals surface area contributed by atoms with Crippen molar-refractivity contribution < 1.29 is 14.4 Å². The maximum atomic E-state index is 12.9. The van der Waals surface area contributed by atoms with Crippen molar-refractivity contribution in [2.75, 3.05) is 0 Å². The zero-order valence-electron chi connectivity index (χ0n) is 13.6. The van der Waals surface area contributed by atoms with Gasteiger partial charge in [0, 0.05) is 31.6 Å². The molecule has 4 nitrogen and oxygen atoms in total. The molecule has 0 heterocycles. The first-order valence-electron chi connectivity index (χ1n) is 8.91. The van der Waals surface area contributed by atoms with Crippen LogP contribution in [-0.4, -0.2) is 17.3 Å². The summed E-state index contributed by atoms with van der Waals surface area (Å²) in [6, 6.07) is 2.32. The number of hydrogen-bond acceptors (Lipinski definition) is 4. The molecule has 6 unspecified atom stereocenters. The maximum absolute atomic E-state index is 12.9. The second kappa shape index (κ2) is 4.75. The quantitative estimate of drug-likeness (QED) is 0.689. The van der Waals surface area contributed by atoms with Gasteiger partial charge in [0.2, 0.25) is 0 Å². The van der Waals surface area contributed by atoms with Gasteiger partial charge in [-0.1, -0.05) is 13.3 Å². The fraction of sp³-hybridized carbons (Fsp3) is 0.789. The first kappa shape index (κ1) is 15.1. The summed E-state index contributed by atoms with van der Waals surface area (Å²) in [6.07, 6.45) is 5.02. The molecule has 4 fully saturated rings. The van der Waals surface area contributed by atoms with E-state index in [2.05, 4.69) is 13.0 Å². The molecule has 4 heteroatoms. The van der Waals surface area contributed by atoms with E-state index in [9.17, 15) is 19.6 Å². The monoisotopic (exact) mass is 313 g/mol. The molecule has 0 aromatic rings. The first-order chi connectivity index (χ1) is 10.9. The Kier molecular flexibility index (Phi) is 3.11. The summed E-state index contributed by atoms with van der Waals surface area (Å²) >= 11 is 0. The van der Waals surface area contributed by atoms with E-state index < -0.39 is 5.41 Å². The predicted octanol–water partition coefficient (Wildman–Crippen LogP) is 2.85. The van der Waals surface area contributed by atoms with Crippen LogP contribution < -0.4 is 0 Å². The minimum Gasteiger partial charge on any atom is -0.300 e. The summed E-state index contributed by atoms with van der Waals surface area (Å²) in [5, 5.41) is 9.70. The zero-order chi connectivity index (χ0) is 16.4. The van der Waals surface area contributed by atoms with E-state index in [0.717, 1.165) is 19.3 Å². The molecule has 6 atom stereocenters. The Morgan fingerprint density at radius 2 is 1.87 bits per heavy atom. The Hall–Kier alpha value is -1.50. The number of ketones is 3. The first-order valence-corrected chi connectivity index (χ1v) is 8.91. The molecule has 0 saturated heterocycles. The lowest BCUT2D eigenvalue weighted by Gasteiger charge is -2.57. The van der Waals surface area contributed by atoms with Gasteiger partial charge in [0.1, 0.15) is 17.0 Å². The number of nitriles is 1. The van der Waals surface area contributed by atoms with Gasteiger partial charge in [0.15, 0.2) is 5.78 Å².